The minimum absolute atomic E-state index is 0.351. The van der Waals surface area contributed by atoms with Gasteiger partial charge in [-0.15, -0.1) is 0 Å². The molecule has 1 unspecified atom stereocenters. The van der Waals surface area contributed by atoms with Gasteiger partial charge in [-0.05, 0) is 52.7 Å². The molecular formula is C15H35N3O. The quantitative estimate of drug-likeness (QED) is 0.559. The van der Waals surface area contributed by atoms with Crippen molar-refractivity contribution in [1.29, 1.82) is 0 Å². The Hall–Kier alpha value is -0.160. The van der Waals surface area contributed by atoms with Crippen LogP contribution in [0.5, 0.6) is 0 Å². The smallest absolute Gasteiger partial charge is 0.0741 e. The number of aliphatic hydroxyl groups is 1. The molecule has 0 aliphatic rings. The molecule has 4 heteroatoms. The highest BCUT2D eigenvalue weighted by Crippen LogP contribution is 2.12. The van der Waals surface area contributed by atoms with Crippen molar-refractivity contribution in [3.05, 3.63) is 0 Å². The lowest BCUT2D eigenvalue weighted by atomic mass is 9.99. The molecule has 0 aromatic carbocycles. The third-order valence-electron chi connectivity index (χ3n) is 3.37. The Morgan fingerprint density at radius 2 is 1.74 bits per heavy atom. The summed E-state index contributed by atoms with van der Waals surface area (Å²) in [4.78, 5) is 4.76. The molecule has 4 nitrogen and oxygen atoms in total. The van der Waals surface area contributed by atoms with Crippen LogP contribution >= 0.6 is 0 Å². The van der Waals surface area contributed by atoms with Crippen molar-refractivity contribution in [1.82, 2.24) is 9.80 Å². The van der Waals surface area contributed by atoms with Crippen molar-refractivity contribution in [2.75, 3.05) is 46.8 Å². The number of nitrogens with zero attached hydrogens (tertiary/aromatic N) is 2. The molecule has 0 aliphatic carbocycles. The van der Waals surface area contributed by atoms with Crippen molar-refractivity contribution < 1.29 is 5.11 Å². The third-order valence-corrected chi connectivity index (χ3v) is 3.37. The molecule has 0 saturated carbocycles. The maximum atomic E-state index is 9.86. The van der Waals surface area contributed by atoms with Crippen molar-refractivity contribution in [3.63, 3.8) is 0 Å². The first kappa shape index (κ1) is 18.8. The fourth-order valence-corrected chi connectivity index (χ4v) is 2.10. The van der Waals surface area contributed by atoms with Crippen LogP contribution in [-0.2, 0) is 0 Å². The summed E-state index contributed by atoms with van der Waals surface area (Å²) >= 11 is 0. The van der Waals surface area contributed by atoms with E-state index in [-0.39, 0.29) is 0 Å². The maximum Gasteiger partial charge on any atom is 0.0741 e. The van der Waals surface area contributed by atoms with Gasteiger partial charge in [-0.3, -0.25) is 0 Å². The van der Waals surface area contributed by atoms with E-state index in [0.717, 1.165) is 45.4 Å². The van der Waals surface area contributed by atoms with Crippen LogP contribution in [0.1, 0.15) is 40.0 Å². The molecule has 0 amide bonds. The van der Waals surface area contributed by atoms with E-state index >= 15 is 0 Å². The third kappa shape index (κ3) is 11.4. The van der Waals surface area contributed by atoms with Gasteiger partial charge in [-0.2, -0.15) is 0 Å². The first-order chi connectivity index (χ1) is 8.76. The first-order valence-electron chi connectivity index (χ1n) is 7.56. The van der Waals surface area contributed by atoms with E-state index in [9.17, 15) is 5.11 Å². The molecule has 0 heterocycles. The number of nitrogens with two attached hydrogens (primary N) is 1. The normalized spacial score (nSPS) is 15.5. The van der Waals surface area contributed by atoms with E-state index in [1.165, 1.54) is 0 Å². The van der Waals surface area contributed by atoms with Crippen LogP contribution in [-0.4, -0.2) is 67.3 Å². The zero-order chi connectivity index (χ0) is 14.9. The highest BCUT2D eigenvalue weighted by Gasteiger charge is 2.17. The summed E-state index contributed by atoms with van der Waals surface area (Å²) < 4.78 is 0. The second-order valence-corrected chi connectivity index (χ2v) is 6.66. The summed E-state index contributed by atoms with van der Waals surface area (Å²) in [5, 5.41) is 9.86. The topological polar surface area (TPSA) is 52.7 Å². The summed E-state index contributed by atoms with van der Waals surface area (Å²) in [6.07, 6.45) is 2.98. The van der Waals surface area contributed by atoms with Crippen LogP contribution < -0.4 is 5.73 Å². The van der Waals surface area contributed by atoms with E-state index in [0.29, 0.717) is 12.5 Å². The highest BCUT2D eigenvalue weighted by molar-refractivity contribution is 4.73. The van der Waals surface area contributed by atoms with Gasteiger partial charge in [0.05, 0.1) is 5.60 Å². The number of rotatable bonds is 11. The van der Waals surface area contributed by atoms with E-state index in [1.54, 1.807) is 0 Å². The second kappa shape index (κ2) is 9.70. The van der Waals surface area contributed by atoms with Gasteiger partial charge in [0.25, 0.3) is 0 Å². The van der Waals surface area contributed by atoms with Gasteiger partial charge < -0.3 is 20.6 Å². The Morgan fingerprint density at radius 1 is 1.11 bits per heavy atom. The maximum absolute atomic E-state index is 9.86. The fraction of sp³-hybridized carbons (Fsp3) is 1.00. The Labute approximate surface area is 120 Å². The van der Waals surface area contributed by atoms with E-state index in [1.807, 2.05) is 6.92 Å². The lowest BCUT2D eigenvalue weighted by molar-refractivity contribution is 0.0561. The molecule has 0 aromatic rings. The SMILES string of the molecule is CC(C)CN(CCCCC(C)(O)CN)CCN(C)C. The van der Waals surface area contributed by atoms with Crippen LogP contribution in [0.2, 0.25) is 0 Å². The molecule has 116 valence electrons. The van der Waals surface area contributed by atoms with Gasteiger partial charge in [-0.1, -0.05) is 13.8 Å². The summed E-state index contributed by atoms with van der Waals surface area (Å²) in [5.41, 5.74) is 4.84. The average molecular weight is 273 g/mol. The van der Waals surface area contributed by atoms with Crippen LogP contribution in [0.25, 0.3) is 0 Å². The van der Waals surface area contributed by atoms with Gasteiger partial charge in [0.15, 0.2) is 0 Å². The molecule has 0 aliphatic heterocycles. The number of hydrogen-bond acceptors (Lipinski definition) is 4. The minimum atomic E-state index is -0.688. The van der Waals surface area contributed by atoms with Crippen molar-refractivity contribution in [2.45, 2.75) is 45.6 Å². The average Bonchev–Trinajstić information content (AvgIpc) is 2.30. The summed E-state index contributed by atoms with van der Waals surface area (Å²) in [6, 6.07) is 0. The molecule has 0 fully saturated rings. The van der Waals surface area contributed by atoms with Gasteiger partial charge >= 0.3 is 0 Å². The predicted octanol–water partition coefficient (Wildman–Crippen LogP) is 1.39. The van der Waals surface area contributed by atoms with Crippen LogP contribution in [0.3, 0.4) is 0 Å². The van der Waals surface area contributed by atoms with Crippen molar-refractivity contribution >= 4 is 0 Å². The Morgan fingerprint density at radius 3 is 2.21 bits per heavy atom. The Balaban J connectivity index is 3.91. The molecule has 0 bridgehead atoms. The van der Waals surface area contributed by atoms with Crippen molar-refractivity contribution in [3.8, 4) is 0 Å². The fourth-order valence-electron chi connectivity index (χ4n) is 2.10. The largest absolute Gasteiger partial charge is 0.389 e. The number of hydrogen-bond donors (Lipinski definition) is 2. The lowest BCUT2D eigenvalue weighted by Crippen LogP contribution is -2.36. The summed E-state index contributed by atoms with van der Waals surface area (Å²) in [7, 11) is 4.23. The van der Waals surface area contributed by atoms with Gasteiger partial charge in [0, 0.05) is 26.2 Å². The van der Waals surface area contributed by atoms with Gasteiger partial charge in [0.1, 0.15) is 0 Å². The molecule has 0 spiro atoms. The molecule has 0 saturated heterocycles. The van der Waals surface area contributed by atoms with Crippen molar-refractivity contribution in [2.24, 2.45) is 11.7 Å². The molecular weight excluding hydrogens is 238 g/mol. The standard InChI is InChI=1S/C15H35N3O/c1-14(2)12-18(11-10-17(4)5)9-7-6-8-15(3,19)13-16/h14,19H,6-13,16H2,1-5H3. The summed E-state index contributed by atoms with van der Waals surface area (Å²) in [5.74, 6) is 0.703. The molecule has 1 atom stereocenters. The molecule has 0 radical (unpaired) electrons. The van der Waals surface area contributed by atoms with Crippen LogP contribution in [0.4, 0.5) is 0 Å². The van der Waals surface area contributed by atoms with E-state index < -0.39 is 5.60 Å². The molecule has 0 rings (SSSR count). The zero-order valence-electron chi connectivity index (χ0n) is 13.7. The molecule has 19 heavy (non-hydrogen) atoms. The number of likely N-dealkylation sites (N-methyl/N-ethyl adjacent to an activating group) is 1. The highest BCUT2D eigenvalue weighted by atomic mass is 16.3. The van der Waals surface area contributed by atoms with E-state index in [4.69, 9.17) is 5.73 Å². The van der Waals surface area contributed by atoms with Crippen LogP contribution in [0.15, 0.2) is 0 Å². The Kier molecular flexibility index (Phi) is 9.62. The Bertz CT molecular complexity index is 217. The summed E-state index contributed by atoms with van der Waals surface area (Å²) in [6.45, 7) is 11.2. The van der Waals surface area contributed by atoms with Crippen LogP contribution in [0, 0.1) is 5.92 Å². The molecule has 3 N–H and O–H groups in total. The predicted molar refractivity (Wildman–Crippen MR) is 83.4 cm³/mol. The second-order valence-electron chi connectivity index (χ2n) is 6.66. The van der Waals surface area contributed by atoms with Gasteiger partial charge in [-0.25, -0.2) is 0 Å². The zero-order valence-corrected chi connectivity index (χ0v) is 13.7. The molecule has 0 aromatic heterocycles. The number of unbranched alkanes of at least 4 members (excludes halogenated alkanes) is 1. The van der Waals surface area contributed by atoms with E-state index in [2.05, 4.69) is 37.7 Å². The first-order valence-corrected chi connectivity index (χ1v) is 7.56. The monoisotopic (exact) mass is 273 g/mol. The van der Waals surface area contributed by atoms with Gasteiger partial charge in [0.2, 0.25) is 0 Å². The lowest BCUT2D eigenvalue weighted by Gasteiger charge is -2.26. The minimum Gasteiger partial charge on any atom is -0.389 e.